The average Bonchev–Trinajstić information content (AvgIpc) is 2.54. The molecule has 0 saturated carbocycles. The molecule has 8 heteroatoms. The number of carboxylic acid groups (broad SMARTS) is 1. The van der Waals surface area contributed by atoms with E-state index in [1.54, 1.807) is 33.1 Å². The number of hydrogen-bond acceptors (Lipinski definition) is 4. The lowest BCUT2D eigenvalue weighted by molar-refractivity contribution is -0.150. The van der Waals surface area contributed by atoms with Gasteiger partial charge in [-0.2, -0.15) is 0 Å². The molecule has 138 valence electrons. The van der Waals surface area contributed by atoms with E-state index < -0.39 is 12.0 Å². The van der Waals surface area contributed by atoms with Crippen LogP contribution in [0.1, 0.15) is 20.3 Å². The van der Waals surface area contributed by atoms with Crippen LogP contribution in [0.15, 0.2) is 24.3 Å². The monoisotopic (exact) mass is 367 g/mol. The second-order valence-corrected chi connectivity index (χ2v) is 6.30. The van der Waals surface area contributed by atoms with Gasteiger partial charge in [0, 0.05) is 25.7 Å². The zero-order valence-corrected chi connectivity index (χ0v) is 15.7. The Balaban J connectivity index is 2.43. The third-order valence-electron chi connectivity index (χ3n) is 3.67. The van der Waals surface area contributed by atoms with E-state index in [0.717, 1.165) is 11.4 Å². The molecule has 1 atom stereocenters. The number of carbonyl (C=O) groups excluding carboxylic acids is 1. The summed E-state index contributed by atoms with van der Waals surface area (Å²) < 4.78 is 5.08. The van der Waals surface area contributed by atoms with Crippen LogP contribution in [0.2, 0.25) is 0 Å². The number of nitrogens with one attached hydrogen (secondary N) is 2. The van der Waals surface area contributed by atoms with Gasteiger partial charge in [-0.15, -0.1) is 0 Å². The van der Waals surface area contributed by atoms with Gasteiger partial charge in [0.25, 0.3) is 0 Å². The fourth-order valence-electron chi connectivity index (χ4n) is 2.36. The highest BCUT2D eigenvalue weighted by Crippen LogP contribution is 2.15. The summed E-state index contributed by atoms with van der Waals surface area (Å²) in [5, 5.41) is 15.6. The van der Waals surface area contributed by atoms with E-state index in [4.69, 9.17) is 17.0 Å². The average molecular weight is 367 g/mol. The molecule has 0 fully saturated rings. The van der Waals surface area contributed by atoms with Crippen molar-refractivity contribution in [2.24, 2.45) is 5.92 Å². The van der Waals surface area contributed by atoms with Gasteiger partial charge in [0.15, 0.2) is 5.11 Å². The molecule has 0 aliphatic carbocycles. The minimum Gasteiger partial charge on any atom is -0.497 e. The molecule has 0 aromatic heterocycles. The van der Waals surface area contributed by atoms with Crippen LogP contribution in [-0.2, 0) is 9.59 Å². The molecule has 0 spiro atoms. The number of carboxylic acids is 1. The third-order valence-corrected chi connectivity index (χ3v) is 3.91. The van der Waals surface area contributed by atoms with Crippen molar-refractivity contribution in [3.05, 3.63) is 24.3 Å². The molecule has 1 rings (SSSR count). The van der Waals surface area contributed by atoms with Crippen molar-refractivity contribution in [2.75, 3.05) is 26.0 Å². The normalized spacial score (nSPS) is 11.6. The Morgan fingerprint density at radius 3 is 2.36 bits per heavy atom. The van der Waals surface area contributed by atoms with Gasteiger partial charge in [-0.3, -0.25) is 4.79 Å². The summed E-state index contributed by atoms with van der Waals surface area (Å²) >= 11 is 5.18. The van der Waals surface area contributed by atoms with Gasteiger partial charge in [-0.25, -0.2) is 4.79 Å². The molecule has 0 heterocycles. The maximum Gasteiger partial charge on any atom is 0.326 e. The molecule has 0 aliphatic heterocycles. The molecule has 0 radical (unpaired) electrons. The van der Waals surface area contributed by atoms with Gasteiger partial charge in [0.1, 0.15) is 11.8 Å². The molecule has 25 heavy (non-hydrogen) atoms. The van der Waals surface area contributed by atoms with E-state index in [9.17, 15) is 14.7 Å². The van der Waals surface area contributed by atoms with Crippen LogP contribution in [0.5, 0.6) is 5.75 Å². The quantitative estimate of drug-likeness (QED) is 0.605. The number of aliphatic carboxylic acids is 1. The van der Waals surface area contributed by atoms with Crippen molar-refractivity contribution in [2.45, 2.75) is 26.3 Å². The second kappa shape index (κ2) is 9.83. The van der Waals surface area contributed by atoms with Gasteiger partial charge in [0.05, 0.1) is 7.11 Å². The first-order valence-electron chi connectivity index (χ1n) is 7.93. The fraction of sp³-hybridized carbons (Fsp3) is 0.471. The highest BCUT2D eigenvalue weighted by molar-refractivity contribution is 7.80. The lowest BCUT2D eigenvalue weighted by Crippen LogP contribution is -2.46. The van der Waals surface area contributed by atoms with Crippen molar-refractivity contribution < 1.29 is 19.4 Å². The number of nitrogens with zero attached hydrogens (tertiary/aromatic N) is 1. The zero-order valence-electron chi connectivity index (χ0n) is 14.9. The number of ether oxygens (including phenoxy) is 1. The Hall–Kier alpha value is -2.35. The Labute approximate surface area is 153 Å². The molecule has 1 aromatic rings. The number of likely N-dealkylation sites (N-methyl/N-ethyl adjacent to an activating group) is 1. The van der Waals surface area contributed by atoms with Gasteiger partial charge < -0.3 is 25.4 Å². The Bertz CT molecular complexity index is 604. The van der Waals surface area contributed by atoms with Crippen LogP contribution in [0.4, 0.5) is 5.69 Å². The number of amides is 1. The van der Waals surface area contributed by atoms with E-state index in [2.05, 4.69) is 10.6 Å². The topological polar surface area (TPSA) is 90.9 Å². The summed E-state index contributed by atoms with van der Waals surface area (Å²) in [6.07, 6.45) is 0.150. The molecule has 1 amide bonds. The Morgan fingerprint density at radius 2 is 1.88 bits per heavy atom. The third kappa shape index (κ3) is 6.58. The molecule has 7 nitrogen and oxygen atoms in total. The summed E-state index contributed by atoms with van der Waals surface area (Å²) in [4.78, 5) is 24.7. The smallest absolute Gasteiger partial charge is 0.326 e. The SMILES string of the molecule is COc1ccc(NC(=S)NCCC(=O)N(C)[C@H](C(=O)O)C(C)C)cc1. The van der Waals surface area contributed by atoms with Crippen LogP contribution >= 0.6 is 12.2 Å². The molecule has 0 aliphatic rings. The zero-order chi connectivity index (χ0) is 19.0. The molecule has 3 N–H and O–H groups in total. The van der Waals surface area contributed by atoms with Crippen LogP contribution in [0.25, 0.3) is 0 Å². The number of thiocarbonyl (C=S) groups is 1. The van der Waals surface area contributed by atoms with E-state index in [1.807, 2.05) is 12.1 Å². The van der Waals surface area contributed by atoms with Gasteiger partial charge in [0.2, 0.25) is 5.91 Å². The van der Waals surface area contributed by atoms with Crippen molar-refractivity contribution in [1.29, 1.82) is 0 Å². The highest BCUT2D eigenvalue weighted by atomic mass is 32.1. The lowest BCUT2D eigenvalue weighted by Gasteiger charge is -2.27. The summed E-state index contributed by atoms with van der Waals surface area (Å²) in [5.74, 6) is -0.676. The fourth-order valence-corrected chi connectivity index (χ4v) is 2.58. The molecule has 0 unspecified atom stereocenters. The van der Waals surface area contributed by atoms with E-state index in [-0.39, 0.29) is 18.2 Å². The molecule has 0 bridgehead atoms. The van der Waals surface area contributed by atoms with E-state index >= 15 is 0 Å². The highest BCUT2D eigenvalue weighted by Gasteiger charge is 2.28. The van der Waals surface area contributed by atoms with Crippen LogP contribution in [0.3, 0.4) is 0 Å². The maximum absolute atomic E-state index is 12.1. The predicted molar refractivity (Wildman–Crippen MR) is 101 cm³/mol. The molecule has 1 aromatic carbocycles. The number of benzene rings is 1. The van der Waals surface area contributed by atoms with E-state index in [1.165, 1.54) is 11.9 Å². The van der Waals surface area contributed by atoms with Crippen molar-refractivity contribution in [3.8, 4) is 5.75 Å². The minimum atomic E-state index is -1.00. The second-order valence-electron chi connectivity index (χ2n) is 5.89. The first-order valence-corrected chi connectivity index (χ1v) is 8.34. The molecular formula is C17H25N3O4S. The van der Waals surface area contributed by atoms with Gasteiger partial charge in [-0.05, 0) is 42.4 Å². The maximum atomic E-state index is 12.1. The van der Waals surface area contributed by atoms with Crippen molar-refractivity contribution >= 4 is 34.9 Å². The molecular weight excluding hydrogens is 342 g/mol. The first kappa shape index (κ1) is 20.7. The van der Waals surface area contributed by atoms with Gasteiger partial charge >= 0.3 is 5.97 Å². The van der Waals surface area contributed by atoms with Gasteiger partial charge in [-0.1, -0.05) is 13.8 Å². The van der Waals surface area contributed by atoms with E-state index in [0.29, 0.717) is 11.7 Å². The predicted octanol–water partition coefficient (Wildman–Crippen LogP) is 1.94. The number of methoxy groups -OCH3 is 1. The summed E-state index contributed by atoms with van der Waals surface area (Å²) in [6, 6.07) is 6.43. The Kier molecular flexibility index (Phi) is 8.13. The summed E-state index contributed by atoms with van der Waals surface area (Å²) in [7, 11) is 3.10. The van der Waals surface area contributed by atoms with Crippen molar-refractivity contribution in [3.63, 3.8) is 0 Å². The number of rotatable bonds is 8. The first-order chi connectivity index (χ1) is 11.8. The lowest BCUT2D eigenvalue weighted by atomic mass is 10.0. The number of anilines is 1. The van der Waals surface area contributed by atoms with Crippen LogP contribution in [0, 0.1) is 5.92 Å². The standard InChI is InChI=1S/C17H25N3O4S/c1-11(2)15(16(22)23)20(3)14(21)9-10-18-17(25)19-12-5-7-13(24-4)8-6-12/h5-8,11,15H,9-10H2,1-4H3,(H,22,23)(H2,18,19,25)/t15-/m0/s1. The van der Waals surface area contributed by atoms with Crippen LogP contribution < -0.4 is 15.4 Å². The molecule has 0 saturated heterocycles. The van der Waals surface area contributed by atoms with Crippen LogP contribution in [-0.4, -0.2) is 53.7 Å². The number of carbonyl (C=O) groups is 2. The number of hydrogen-bond donors (Lipinski definition) is 3. The Morgan fingerprint density at radius 1 is 1.28 bits per heavy atom. The summed E-state index contributed by atoms with van der Waals surface area (Å²) in [6.45, 7) is 3.86. The summed E-state index contributed by atoms with van der Waals surface area (Å²) in [5.41, 5.74) is 0.799. The largest absolute Gasteiger partial charge is 0.497 e. The van der Waals surface area contributed by atoms with Crippen molar-refractivity contribution in [1.82, 2.24) is 10.2 Å². The minimum absolute atomic E-state index is 0.150.